The van der Waals surface area contributed by atoms with Crippen molar-refractivity contribution < 1.29 is 9.90 Å². The van der Waals surface area contributed by atoms with Crippen molar-refractivity contribution in [3.8, 4) is 6.07 Å². The summed E-state index contributed by atoms with van der Waals surface area (Å²) in [5.74, 6) is -0.765. The van der Waals surface area contributed by atoms with E-state index in [9.17, 15) is 4.79 Å². The summed E-state index contributed by atoms with van der Waals surface area (Å²) in [5.41, 5.74) is 0.831. The Morgan fingerprint density at radius 3 is 2.94 bits per heavy atom. The van der Waals surface area contributed by atoms with Crippen molar-refractivity contribution in [3.63, 3.8) is 0 Å². The molecule has 0 saturated heterocycles. The fourth-order valence-electron chi connectivity index (χ4n) is 1.29. The highest BCUT2D eigenvalue weighted by Crippen LogP contribution is 2.09. The van der Waals surface area contributed by atoms with Crippen molar-refractivity contribution >= 4 is 11.9 Å². The van der Waals surface area contributed by atoms with Gasteiger partial charge in [0.25, 0.3) is 0 Å². The number of carboxylic acids is 1. The summed E-state index contributed by atoms with van der Waals surface area (Å²) in [5, 5.41) is 17.6. The number of rotatable bonds is 5. The third-order valence-corrected chi connectivity index (χ3v) is 1.92. The summed E-state index contributed by atoms with van der Waals surface area (Å²) in [6, 6.07) is 3.45. The second-order valence-corrected chi connectivity index (χ2v) is 3.37. The zero-order chi connectivity index (χ0) is 12.8. The van der Waals surface area contributed by atoms with Gasteiger partial charge in [-0.05, 0) is 13.0 Å². The molecule has 0 bridgehead atoms. The van der Waals surface area contributed by atoms with E-state index in [2.05, 4.69) is 16.5 Å². The molecule has 0 aliphatic rings. The zero-order valence-corrected chi connectivity index (χ0v) is 9.42. The average molecular weight is 232 g/mol. The van der Waals surface area contributed by atoms with Crippen molar-refractivity contribution in [2.75, 3.05) is 18.0 Å². The van der Waals surface area contributed by atoms with Gasteiger partial charge in [-0.15, -0.1) is 6.58 Å². The van der Waals surface area contributed by atoms with Crippen molar-refractivity contribution in [2.45, 2.75) is 6.92 Å². The molecule has 6 nitrogen and oxygen atoms in total. The van der Waals surface area contributed by atoms with Crippen LogP contribution in [-0.4, -0.2) is 34.1 Å². The minimum Gasteiger partial charge on any atom is -0.480 e. The Hall–Kier alpha value is -2.42. The smallest absolute Gasteiger partial charge is 0.323 e. The Labute approximate surface area is 98.8 Å². The second-order valence-electron chi connectivity index (χ2n) is 3.37. The Kier molecular flexibility index (Phi) is 4.17. The summed E-state index contributed by atoms with van der Waals surface area (Å²) in [4.78, 5) is 20.2. The van der Waals surface area contributed by atoms with Gasteiger partial charge in [0.1, 0.15) is 18.3 Å². The van der Waals surface area contributed by atoms with Crippen LogP contribution in [0.5, 0.6) is 0 Å². The van der Waals surface area contributed by atoms with Crippen LogP contribution in [0.1, 0.15) is 11.4 Å². The minimum absolute atomic E-state index is 0.215. The molecule has 1 N–H and O–H groups in total. The fraction of sp³-hybridized carbons (Fsp3) is 0.273. The van der Waals surface area contributed by atoms with Gasteiger partial charge in [0, 0.05) is 12.2 Å². The number of nitrogens with zero attached hydrogens (tertiary/aromatic N) is 4. The number of aliphatic carboxylic acids is 1. The van der Waals surface area contributed by atoms with Gasteiger partial charge < -0.3 is 10.0 Å². The maximum absolute atomic E-state index is 10.7. The molecular formula is C11H12N4O2. The Morgan fingerprint density at radius 2 is 2.41 bits per heavy atom. The van der Waals surface area contributed by atoms with Crippen molar-refractivity contribution in [2.24, 2.45) is 0 Å². The lowest BCUT2D eigenvalue weighted by Gasteiger charge is -2.18. The van der Waals surface area contributed by atoms with E-state index in [0.29, 0.717) is 12.2 Å². The van der Waals surface area contributed by atoms with Crippen LogP contribution in [0.3, 0.4) is 0 Å². The second kappa shape index (κ2) is 5.61. The van der Waals surface area contributed by atoms with Crippen LogP contribution in [0.2, 0.25) is 0 Å². The van der Waals surface area contributed by atoms with Crippen molar-refractivity contribution in [1.82, 2.24) is 9.97 Å². The summed E-state index contributed by atoms with van der Waals surface area (Å²) in [6.07, 6.45) is 1.56. The molecule has 1 aromatic rings. The molecule has 1 aromatic heterocycles. The average Bonchev–Trinajstić information content (AvgIpc) is 2.27. The normalized spacial score (nSPS) is 9.41. The SMILES string of the molecule is C=CCN(CC(=O)O)c1nc(C)cc(C#N)n1. The molecule has 0 atom stereocenters. The first-order chi connectivity index (χ1) is 8.06. The Morgan fingerprint density at radius 1 is 1.71 bits per heavy atom. The summed E-state index contributed by atoms with van der Waals surface area (Å²) in [7, 11) is 0. The number of carbonyl (C=O) groups is 1. The standard InChI is InChI=1S/C11H12N4O2/c1-3-4-15(7-10(16)17)11-13-8(2)5-9(6-12)14-11/h3,5H,1,4,7H2,2H3,(H,16,17). The molecule has 88 valence electrons. The molecule has 17 heavy (non-hydrogen) atoms. The predicted molar refractivity (Wildman–Crippen MR) is 61.5 cm³/mol. The van der Waals surface area contributed by atoms with E-state index in [1.807, 2.05) is 6.07 Å². The van der Waals surface area contributed by atoms with Gasteiger partial charge in [0.2, 0.25) is 5.95 Å². The number of aryl methyl sites for hydroxylation is 1. The van der Waals surface area contributed by atoms with Crippen molar-refractivity contribution in [1.29, 1.82) is 5.26 Å². The van der Waals surface area contributed by atoms with Gasteiger partial charge >= 0.3 is 5.97 Å². The van der Waals surface area contributed by atoms with Crippen LogP contribution in [0.25, 0.3) is 0 Å². The molecule has 1 rings (SSSR count). The van der Waals surface area contributed by atoms with Crippen LogP contribution in [-0.2, 0) is 4.79 Å². The van der Waals surface area contributed by atoms with Crippen LogP contribution in [0.15, 0.2) is 18.7 Å². The summed E-state index contributed by atoms with van der Waals surface area (Å²) < 4.78 is 0. The number of anilines is 1. The topological polar surface area (TPSA) is 90.1 Å². The van der Waals surface area contributed by atoms with E-state index < -0.39 is 5.97 Å². The quantitative estimate of drug-likeness (QED) is 0.753. The van der Waals surface area contributed by atoms with Crippen molar-refractivity contribution in [3.05, 3.63) is 30.1 Å². The lowest BCUT2D eigenvalue weighted by atomic mass is 10.3. The Bertz CT molecular complexity index is 479. The maximum Gasteiger partial charge on any atom is 0.323 e. The number of hydrogen-bond acceptors (Lipinski definition) is 5. The molecular weight excluding hydrogens is 220 g/mol. The highest BCUT2D eigenvalue weighted by Gasteiger charge is 2.13. The molecule has 0 amide bonds. The van der Waals surface area contributed by atoms with Crippen LogP contribution in [0.4, 0.5) is 5.95 Å². The number of aromatic nitrogens is 2. The lowest BCUT2D eigenvalue weighted by molar-refractivity contribution is -0.135. The third-order valence-electron chi connectivity index (χ3n) is 1.92. The van der Waals surface area contributed by atoms with Gasteiger partial charge in [-0.3, -0.25) is 4.79 Å². The first-order valence-corrected chi connectivity index (χ1v) is 4.90. The summed E-state index contributed by atoms with van der Waals surface area (Å²) in [6.45, 7) is 5.33. The lowest BCUT2D eigenvalue weighted by Crippen LogP contribution is -2.31. The molecule has 0 fully saturated rings. The predicted octanol–water partition coefficient (Wildman–Crippen LogP) is 0.734. The van der Waals surface area contributed by atoms with Gasteiger partial charge in [-0.1, -0.05) is 6.08 Å². The largest absolute Gasteiger partial charge is 0.480 e. The van der Waals surface area contributed by atoms with Gasteiger partial charge in [0.15, 0.2) is 0 Å². The van der Waals surface area contributed by atoms with E-state index in [0.717, 1.165) is 0 Å². The van der Waals surface area contributed by atoms with E-state index in [1.165, 1.54) is 11.0 Å². The van der Waals surface area contributed by atoms with E-state index in [4.69, 9.17) is 10.4 Å². The molecule has 0 spiro atoms. The monoisotopic (exact) mass is 232 g/mol. The van der Waals surface area contributed by atoms with Gasteiger partial charge in [0.05, 0.1) is 0 Å². The number of nitriles is 1. The molecule has 0 unspecified atom stereocenters. The fourth-order valence-corrected chi connectivity index (χ4v) is 1.29. The molecule has 0 radical (unpaired) electrons. The van der Waals surface area contributed by atoms with Crippen LogP contribution >= 0.6 is 0 Å². The molecule has 0 aliphatic carbocycles. The number of hydrogen-bond donors (Lipinski definition) is 1. The minimum atomic E-state index is -0.990. The van der Waals surface area contributed by atoms with E-state index >= 15 is 0 Å². The first-order valence-electron chi connectivity index (χ1n) is 4.90. The first kappa shape index (κ1) is 12.6. The third kappa shape index (κ3) is 3.57. The summed E-state index contributed by atoms with van der Waals surface area (Å²) >= 11 is 0. The highest BCUT2D eigenvalue weighted by molar-refractivity contribution is 5.72. The molecule has 0 aromatic carbocycles. The van der Waals surface area contributed by atoms with E-state index in [-0.39, 0.29) is 18.2 Å². The molecule has 6 heteroatoms. The molecule has 0 saturated carbocycles. The van der Waals surface area contributed by atoms with Gasteiger partial charge in [-0.25, -0.2) is 9.97 Å². The molecule has 0 aliphatic heterocycles. The number of carboxylic acid groups (broad SMARTS) is 1. The van der Waals surface area contributed by atoms with Crippen LogP contribution in [0, 0.1) is 18.3 Å². The maximum atomic E-state index is 10.7. The molecule has 1 heterocycles. The van der Waals surface area contributed by atoms with Gasteiger partial charge in [-0.2, -0.15) is 5.26 Å². The Balaban J connectivity index is 3.08. The van der Waals surface area contributed by atoms with E-state index in [1.54, 1.807) is 13.0 Å². The highest BCUT2D eigenvalue weighted by atomic mass is 16.4. The zero-order valence-electron chi connectivity index (χ0n) is 9.42. The van der Waals surface area contributed by atoms with Crippen LogP contribution < -0.4 is 4.90 Å².